The number of rotatable bonds is 7. The molecule has 0 heterocycles. The molecular weight excluding hydrogens is 306 g/mol. The zero-order valence-corrected chi connectivity index (χ0v) is 14.1. The van der Waals surface area contributed by atoms with E-state index < -0.39 is 11.9 Å². The Balaban J connectivity index is 1.66. The van der Waals surface area contributed by atoms with Crippen molar-refractivity contribution in [2.75, 3.05) is 25.5 Å². The monoisotopic (exact) mass is 331 g/mol. The van der Waals surface area contributed by atoms with E-state index in [-0.39, 0.29) is 6.54 Å². The zero-order chi connectivity index (χ0) is 17.2. The van der Waals surface area contributed by atoms with Crippen LogP contribution < -0.4 is 20.7 Å². The van der Waals surface area contributed by atoms with Gasteiger partial charge in [-0.3, -0.25) is 10.1 Å². The number of amides is 3. The van der Waals surface area contributed by atoms with Gasteiger partial charge in [0.25, 0.3) is 0 Å². The molecule has 6 heteroatoms. The molecule has 0 aromatic heterocycles. The number of hydrogen-bond acceptors (Lipinski definition) is 4. The Labute approximate surface area is 142 Å². The molecule has 0 unspecified atom stereocenters. The molecule has 1 aliphatic carbocycles. The summed E-state index contributed by atoms with van der Waals surface area (Å²) in [7, 11) is 1.57. The minimum atomic E-state index is -0.460. The Morgan fingerprint density at radius 2 is 2.04 bits per heavy atom. The van der Waals surface area contributed by atoms with Crippen molar-refractivity contribution in [2.45, 2.75) is 32.1 Å². The lowest BCUT2D eigenvalue weighted by atomic mass is 9.97. The Bertz CT molecular complexity index is 599. The van der Waals surface area contributed by atoms with Crippen LogP contribution in [0.1, 0.15) is 32.1 Å². The summed E-state index contributed by atoms with van der Waals surface area (Å²) in [6, 6.07) is 6.84. The van der Waals surface area contributed by atoms with Crippen LogP contribution in [0, 0.1) is 0 Å². The van der Waals surface area contributed by atoms with Gasteiger partial charge in [-0.2, -0.15) is 0 Å². The molecular formula is C18H25N3O3. The highest BCUT2D eigenvalue weighted by atomic mass is 16.5. The van der Waals surface area contributed by atoms with Crippen LogP contribution in [0.5, 0.6) is 5.75 Å². The molecule has 0 saturated heterocycles. The minimum Gasteiger partial charge on any atom is -0.495 e. The van der Waals surface area contributed by atoms with Gasteiger partial charge in [-0.1, -0.05) is 23.8 Å². The number of para-hydroxylation sites is 2. The van der Waals surface area contributed by atoms with E-state index in [1.165, 1.54) is 18.4 Å². The lowest BCUT2D eigenvalue weighted by Crippen LogP contribution is -2.42. The number of allylic oxidation sites excluding steroid dienone is 1. The normalized spacial score (nSPS) is 13.6. The minimum absolute atomic E-state index is 0.00105. The highest BCUT2D eigenvalue weighted by molar-refractivity contribution is 5.96. The number of anilines is 1. The molecule has 0 fully saturated rings. The van der Waals surface area contributed by atoms with Crippen LogP contribution in [0.2, 0.25) is 0 Å². The van der Waals surface area contributed by atoms with Gasteiger partial charge >= 0.3 is 6.03 Å². The molecule has 0 aliphatic heterocycles. The quantitative estimate of drug-likeness (QED) is 0.671. The van der Waals surface area contributed by atoms with E-state index in [2.05, 4.69) is 22.0 Å². The van der Waals surface area contributed by atoms with Crippen molar-refractivity contribution in [3.05, 3.63) is 35.9 Å². The summed E-state index contributed by atoms with van der Waals surface area (Å²) >= 11 is 0. The summed E-state index contributed by atoms with van der Waals surface area (Å²) < 4.78 is 5.19. The summed E-state index contributed by atoms with van der Waals surface area (Å²) in [5.41, 5.74) is 2.10. The first-order valence-corrected chi connectivity index (χ1v) is 8.31. The lowest BCUT2D eigenvalue weighted by Gasteiger charge is -2.13. The molecule has 3 N–H and O–H groups in total. The number of carbonyl (C=O) groups excluding carboxylic acids is 2. The topological polar surface area (TPSA) is 79.5 Å². The van der Waals surface area contributed by atoms with E-state index in [0.29, 0.717) is 18.0 Å². The van der Waals surface area contributed by atoms with Crippen LogP contribution in [-0.4, -0.2) is 32.1 Å². The predicted octanol–water partition coefficient (Wildman–Crippen LogP) is 2.82. The third kappa shape index (κ3) is 5.95. The van der Waals surface area contributed by atoms with Gasteiger partial charge in [-0.05, 0) is 44.2 Å². The maximum Gasteiger partial charge on any atom is 0.321 e. The van der Waals surface area contributed by atoms with Gasteiger partial charge in [-0.15, -0.1) is 0 Å². The molecule has 3 amide bonds. The fourth-order valence-corrected chi connectivity index (χ4v) is 2.65. The summed E-state index contributed by atoms with van der Waals surface area (Å²) in [6.45, 7) is 0.545. The van der Waals surface area contributed by atoms with Gasteiger partial charge in [0.2, 0.25) is 5.91 Å². The number of hydrogen-bond donors (Lipinski definition) is 3. The Morgan fingerprint density at radius 3 is 2.79 bits per heavy atom. The number of imide groups is 1. The van der Waals surface area contributed by atoms with Gasteiger partial charge in [0.05, 0.1) is 19.3 Å². The Hall–Kier alpha value is -2.50. The third-order valence-electron chi connectivity index (χ3n) is 3.92. The highest BCUT2D eigenvalue weighted by Crippen LogP contribution is 2.22. The van der Waals surface area contributed by atoms with Crippen molar-refractivity contribution in [1.82, 2.24) is 10.6 Å². The molecule has 2 rings (SSSR count). The smallest absolute Gasteiger partial charge is 0.321 e. The van der Waals surface area contributed by atoms with Crippen molar-refractivity contribution in [3.63, 3.8) is 0 Å². The van der Waals surface area contributed by atoms with Crippen LogP contribution in [0.25, 0.3) is 0 Å². The maximum absolute atomic E-state index is 11.8. The van der Waals surface area contributed by atoms with E-state index in [1.807, 2.05) is 18.2 Å². The molecule has 1 aromatic carbocycles. The van der Waals surface area contributed by atoms with E-state index in [4.69, 9.17) is 4.74 Å². The van der Waals surface area contributed by atoms with Crippen LogP contribution in [0.15, 0.2) is 35.9 Å². The summed E-state index contributed by atoms with van der Waals surface area (Å²) in [6.07, 6.45) is 7.84. The number of ether oxygens (including phenoxy) is 1. The van der Waals surface area contributed by atoms with Gasteiger partial charge in [0.1, 0.15) is 5.75 Å². The average Bonchev–Trinajstić information content (AvgIpc) is 2.61. The third-order valence-corrected chi connectivity index (χ3v) is 3.92. The van der Waals surface area contributed by atoms with E-state index in [1.54, 1.807) is 13.2 Å². The fraction of sp³-hybridized carbons (Fsp3) is 0.444. The molecule has 1 aromatic rings. The number of nitrogens with one attached hydrogen (secondary N) is 3. The summed E-state index contributed by atoms with van der Waals surface area (Å²) in [5, 5.41) is 7.98. The first-order chi connectivity index (χ1) is 11.7. The van der Waals surface area contributed by atoms with Crippen molar-refractivity contribution >= 4 is 17.6 Å². The van der Waals surface area contributed by atoms with Gasteiger partial charge < -0.3 is 15.4 Å². The Kier molecular flexibility index (Phi) is 7.14. The maximum atomic E-state index is 11.8. The second-order valence-electron chi connectivity index (χ2n) is 5.72. The second-order valence-corrected chi connectivity index (χ2v) is 5.72. The van der Waals surface area contributed by atoms with Gasteiger partial charge in [-0.25, -0.2) is 4.79 Å². The fourth-order valence-electron chi connectivity index (χ4n) is 2.65. The molecule has 1 aliphatic rings. The summed E-state index contributed by atoms with van der Waals surface area (Å²) in [4.78, 5) is 23.5. The van der Waals surface area contributed by atoms with E-state index in [0.717, 1.165) is 19.3 Å². The van der Waals surface area contributed by atoms with E-state index >= 15 is 0 Å². The zero-order valence-electron chi connectivity index (χ0n) is 14.1. The van der Waals surface area contributed by atoms with Crippen molar-refractivity contribution < 1.29 is 14.3 Å². The van der Waals surface area contributed by atoms with E-state index in [9.17, 15) is 9.59 Å². The lowest BCUT2D eigenvalue weighted by molar-refractivity contribution is -0.118. The SMILES string of the molecule is COc1ccccc1NCC(=O)NC(=O)NCCC1=CCCCC1. The molecule has 0 bridgehead atoms. The number of carbonyl (C=O) groups is 2. The van der Waals surface area contributed by atoms with Crippen LogP contribution in [0.4, 0.5) is 10.5 Å². The molecule has 130 valence electrons. The van der Waals surface area contributed by atoms with Gasteiger partial charge in [0.15, 0.2) is 0 Å². The van der Waals surface area contributed by atoms with Crippen LogP contribution in [-0.2, 0) is 4.79 Å². The standard InChI is InChI=1S/C18H25N3O3/c1-24-16-10-6-5-9-15(16)20-13-17(22)21-18(23)19-12-11-14-7-3-2-4-8-14/h5-7,9-10,20H,2-4,8,11-13H2,1H3,(H2,19,21,22,23). The number of methoxy groups -OCH3 is 1. The molecule has 0 spiro atoms. The predicted molar refractivity (Wildman–Crippen MR) is 94.2 cm³/mol. The molecule has 0 radical (unpaired) electrons. The van der Waals surface area contributed by atoms with Crippen molar-refractivity contribution in [1.29, 1.82) is 0 Å². The first-order valence-electron chi connectivity index (χ1n) is 8.31. The second kappa shape index (κ2) is 9.60. The van der Waals surface area contributed by atoms with Crippen molar-refractivity contribution in [3.8, 4) is 5.75 Å². The first kappa shape index (κ1) is 17.8. The molecule has 0 saturated carbocycles. The molecule has 0 atom stereocenters. The molecule has 6 nitrogen and oxygen atoms in total. The van der Waals surface area contributed by atoms with Gasteiger partial charge in [0, 0.05) is 6.54 Å². The number of urea groups is 1. The molecule has 24 heavy (non-hydrogen) atoms. The number of benzene rings is 1. The summed E-state index contributed by atoms with van der Waals surface area (Å²) in [5.74, 6) is 0.255. The van der Waals surface area contributed by atoms with Crippen molar-refractivity contribution in [2.24, 2.45) is 0 Å². The largest absolute Gasteiger partial charge is 0.495 e. The Morgan fingerprint density at radius 1 is 1.21 bits per heavy atom. The average molecular weight is 331 g/mol. The van der Waals surface area contributed by atoms with Crippen LogP contribution in [0.3, 0.4) is 0 Å². The highest BCUT2D eigenvalue weighted by Gasteiger charge is 2.09. The van der Waals surface area contributed by atoms with Crippen LogP contribution >= 0.6 is 0 Å².